The standard InChI is InChI=1S/C10H11.2C6H15P.BrH.Pt/c1-9(2)8-10-6-4-3-5-7-10;2*1-4-7(5-2)6-3;;/h3-7H,1-2H3;2*4-6H2,1-3H3;1H;/q-1;;;;+2/p-1. The fourth-order valence-corrected chi connectivity index (χ4v) is 4.84. The zero-order valence-corrected chi connectivity index (χ0v) is 23.9. The summed E-state index contributed by atoms with van der Waals surface area (Å²) in [4.78, 5) is 0. The van der Waals surface area contributed by atoms with Crippen molar-refractivity contribution in [1.82, 2.24) is 0 Å². The Morgan fingerprint density at radius 1 is 0.731 bits per heavy atom. The summed E-state index contributed by atoms with van der Waals surface area (Å²) in [6, 6.07) is 10.1. The molecule has 0 aliphatic carbocycles. The predicted octanol–water partition coefficient (Wildman–Crippen LogP) is 8.70. The van der Waals surface area contributed by atoms with Gasteiger partial charge in [-0.15, -0.1) is 33.5 Å². The quantitative estimate of drug-likeness (QED) is 0.206. The molecule has 0 bridgehead atoms. The monoisotopic (exact) mass is 641 g/mol. The van der Waals surface area contributed by atoms with Crippen molar-refractivity contribution in [3.8, 4) is 0 Å². The molecule has 1 aromatic carbocycles. The Labute approximate surface area is 186 Å². The van der Waals surface area contributed by atoms with Crippen LogP contribution in [0, 0.1) is 6.08 Å². The molecule has 0 fully saturated rings. The molecule has 0 atom stereocenters. The van der Waals surface area contributed by atoms with E-state index in [2.05, 4.69) is 60.9 Å². The molecule has 156 valence electrons. The average Bonchev–Trinajstić information content (AvgIpc) is 2.68. The number of hydrogen-bond acceptors (Lipinski definition) is 0. The molecule has 1 aromatic rings. The van der Waals surface area contributed by atoms with Crippen molar-refractivity contribution in [1.29, 1.82) is 0 Å². The van der Waals surface area contributed by atoms with Crippen molar-refractivity contribution >= 4 is 29.1 Å². The van der Waals surface area contributed by atoms with Crippen LogP contribution in [0.3, 0.4) is 0 Å². The summed E-state index contributed by atoms with van der Waals surface area (Å²) in [6.07, 6.45) is 11.7. The van der Waals surface area contributed by atoms with Crippen LogP contribution in [0.15, 0.2) is 35.9 Å². The molecule has 0 amide bonds. The zero-order valence-electron chi connectivity index (χ0n) is 18.2. The second kappa shape index (κ2) is 26.0. The van der Waals surface area contributed by atoms with E-state index in [0.29, 0.717) is 15.8 Å². The molecule has 0 nitrogen and oxygen atoms in total. The summed E-state index contributed by atoms with van der Waals surface area (Å²) in [5.74, 6) is 0. The Balaban J connectivity index is -0.000000299. The van der Waals surface area contributed by atoms with Gasteiger partial charge in [-0.1, -0.05) is 61.5 Å². The molecule has 0 spiro atoms. The van der Waals surface area contributed by atoms with E-state index in [9.17, 15) is 0 Å². The summed E-state index contributed by atoms with van der Waals surface area (Å²) < 4.78 is 0. The summed E-state index contributed by atoms with van der Waals surface area (Å²) in [5.41, 5.74) is 2.37. The van der Waals surface area contributed by atoms with E-state index in [1.807, 2.05) is 61.9 Å². The minimum absolute atomic E-state index is 0.446. The molecular formula is C22H41BrP2Pt. The summed E-state index contributed by atoms with van der Waals surface area (Å²) >= 11 is 4.86. The molecule has 0 unspecified atom stereocenters. The molecule has 0 N–H and O–H groups in total. The first-order valence-electron chi connectivity index (χ1n) is 9.67. The van der Waals surface area contributed by atoms with Gasteiger partial charge in [-0.2, -0.15) is 23.8 Å². The van der Waals surface area contributed by atoms with E-state index >= 15 is 0 Å². The van der Waals surface area contributed by atoms with Crippen molar-refractivity contribution in [2.75, 3.05) is 37.0 Å². The van der Waals surface area contributed by atoms with Crippen molar-refractivity contribution < 1.29 is 17.8 Å². The first-order chi connectivity index (χ1) is 12.5. The Morgan fingerprint density at radius 2 is 1.04 bits per heavy atom. The van der Waals surface area contributed by atoms with Gasteiger partial charge in [-0.05, 0) is 37.0 Å². The molecular weight excluding hydrogens is 601 g/mol. The Kier molecular flexibility index (Phi) is 31.7. The van der Waals surface area contributed by atoms with Gasteiger partial charge in [0.2, 0.25) is 0 Å². The molecule has 0 heterocycles. The Morgan fingerprint density at radius 3 is 1.23 bits per heavy atom. The molecule has 0 aliphatic heterocycles. The molecule has 4 heteroatoms. The Bertz CT molecular complexity index is 361. The van der Waals surface area contributed by atoms with Gasteiger partial charge in [0, 0.05) is 0 Å². The maximum atomic E-state index is 3.22. The van der Waals surface area contributed by atoms with Gasteiger partial charge >= 0.3 is 31.1 Å². The van der Waals surface area contributed by atoms with Gasteiger partial charge in [0.05, 0.1) is 0 Å². The minimum atomic E-state index is 0.446. The molecule has 26 heavy (non-hydrogen) atoms. The van der Waals surface area contributed by atoms with Gasteiger partial charge in [0.25, 0.3) is 0 Å². The van der Waals surface area contributed by atoms with E-state index in [4.69, 9.17) is 0 Å². The van der Waals surface area contributed by atoms with Crippen LogP contribution in [0.1, 0.15) is 61.0 Å². The normalized spacial score (nSPS) is 9.27. The van der Waals surface area contributed by atoms with Crippen LogP contribution in [0.4, 0.5) is 0 Å². The fourth-order valence-electron chi connectivity index (χ4n) is 2.15. The molecule has 0 aliphatic rings. The first-order valence-corrected chi connectivity index (χ1v) is 18.4. The van der Waals surface area contributed by atoms with Gasteiger partial charge in [0.15, 0.2) is 0 Å². The third-order valence-corrected chi connectivity index (χ3v) is 9.22. The van der Waals surface area contributed by atoms with E-state index < -0.39 is 0 Å². The number of hydrogen-bond donors (Lipinski definition) is 0. The van der Waals surface area contributed by atoms with Crippen LogP contribution in [-0.4, -0.2) is 37.0 Å². The Hall–Kier alpha value is 0.988. The van der Waals surface area contributed by atoms with Crippen molar-refractivity contribution in [2.45, 2.75) is 55.4 Å². The van der Waals surface area contributed by atoms with Crippen LogP contribution in [0.5, 0.6) is 0 Å². The summed E-state index contributed by atoms with van der Waals surface area (Å²) in [6.45, 7) is 17.8. The van der Waals surface area contributed by atoms with Crippen LogP contribution in [-0.2, 0) is 17.8 Å². The van der Waals surface area contributed by atoms with E-state index in [1.54, 1.807) is 0 Å². The van der Waals surface area contributed by atoms with Crippen molar-refractivity contribution in [2.24, 2.45) is 0 Å². The molecule has 0 aromatic heterocycles. The third-order valence-electron chi connectivity index (χ3n) is 3.85. The molecule has 0 radical (unpaired) electrons. The van der Waals surface area contributed by atoms with Crippen molar-refractivity contribution in [3.63, 3.8) is 0 Å². The second-order valence-electron chi connectivity index (χ2n) is 5.73. The van der Waals surface area contributed by atoms with E-state index in [0.717, 1.165) is 5.56 Å². The average molecular weight is 643 g/mol. The molecule has 1 rings (SSSR count). The maximum absolute atomic E-state index is 3.22. The number of halogens is 1. The number of allylic oxidation sites excluding steroid dienone is 1. The van der Waals surface area contributed by atoms with Crippen LogP contribution in [0.2, 0.25) is 0 Å². The number of rotatable bonds is 7. The number of benzene rings is 1. The summed E-state index contributed by atoms with van der Waals surface area (Å²) in [5, 5.41) is 0. The zero-order chi connectivity index (χ0) is 20.8. The van der Waals surface area contributed by atoms with Crippen LogP contribution >= 0.6 is 29.1 Å². The van der Waals surface area contributed by atoms with Gasteiger partial charge in [-0.3, -0.25) is 0 Å². The topological polar surface area (TPSA) is 0 Å². The van der Waals surface area contributed by atoms with Gasteiger partial charge in [0.1, 0.15) is 0 Å². The van der Waals surface area contributed by atoms with Crippen LogP contribution < -0.4 is 0 Å². The second-order valence-corrected chi connectivity index (χ2v) is 12.2. The molecule has 0 saturated carbocycles. The van der Waals surface area contributed by atoms with E-state index in [-0.39, 0.29) is 0 Å². The predicted molar refractivity (Wildman–Crippen MR) is 130 cm³/mol. The van der Waals surface area contributed by atoms with Gasteiger partial charge in [-0.25, -0.2) is 0 Å². The van der Waals surface area contributed by atoms with E-state index in [1.165, 1.54) is 42.5 Å². The van der Waals surface area contributed by atoms with Gasteiger partial charge < -0.3 is 0 Å². The molecule has 0 saturated heterocycles. The first kappa shape index (κ1) is 31.7. The SMILES string of the molecule is CC(C)=[C-]c1ccccc1.CCP(CC)CC.CCP(CC)CC.[Br][Pt+]. The van der Waals surface area contributed by atoms with Crippen molar-refractivity contribution in [3.05, 3.63) is 47.5 Å². The fraction of sp³-hybridized carbons (Fsp3) is 0.636. The third kappa shape index (κ3) is 23.0. The summed E-state index contributed by atoms with van der Waals surface area (Å²) in [7, 11) is 0.892. The van der Waals surface area contributed by atoms with Crippen LogP contribution in [0.25, 0.3) is 0 Å².